The van der Waals surface area contributed by atoms with Crippen molar-refractivity contribution in [3.05, 3.63) is 45.1 Å². The van der Waals surface area contributed by atoms with Gasteiger partial charge >= 0.3 is 5.69 Å². The molecule has 1 heterocycles. The van der Waals surface area contributed by atoms with E-state index in [9.17, 15) is 10.1 Å². The Morgan fingerprint density at radius 3 is 2.91 bits per heavy atom. The molecule has 0 atom stereocenters. The minimum atomic E-state index is -0.624. The number of nitrogens with zero attached hydrogens (tertiary/aromatic N) is 3. The molecular formula is C14H16ClN5O3. The molecule has 0 aliphatic heterocycles. The second-order valence-corrected chi connectivity index (χ2v) is 5.20. The smallest absolute Gasteiger partial charge is 0.329 e. The summed E-state index contributed by atoms with van der Waals surface area (Å²) in [5, 5.41) is 14.2. The van der Waals surface area contributed by atoms with Gasteiger partial charge in [-0.1, -0.05) is 11.6 Å². The van der Waals surface area contributed by atoms with E-state index in [1.807, 2.05) is 19.1 Å². The fourth-order valence-electron chi connectivity index (χ4n) is 1.84. The molecule has 2 aromatic rings. The Morgan fingerprint density at radius 2 is 2.26 bits per heavy atom. The molecule has 8 nitrogen and oxygen atoms in total. The Balaban J connectivity index is 1.77. The molecule has 0 aliphatic carbocycles. The third-order valence-electron chi connectivity index (χ3n) is 2.99. The molecule has 0 saturated heterocycles. The van der Waals surface area contributed by atoms with Crippen LogP contribution in [0.15, 0.2) is 24.4 Å². The highest BCUT2D eigenvalue weighted by atomic mass is 35.5. The number of aromatic nitrogens is 2. The van der Waals surface area contributed by atoms with Crippen LogP contribution in [0.2, 0.25) is 5.02 Å². The summed E-state index contributed by atoms with van der Waals surface area (Å²) >= 11 is 5.88. The number of anilines is 2. The summed E-state index contributed by atoms with van der Waals surface area (Å²) in [5.41, 5.74) is 6.15. The Hall–Kier alpha value is -2.61. The Labute approximate surface area is 137 Å². The van der Waals surface area contributed by atoms with Gasteiger partial charge in [-0.2, -0.15) is 4.98 Å². The van der Waals surface area contributed by atoms with E-state index in [1.54, 1.807) is 6.07 Å². The largest absolute Gasteiger partial charge is 0.493 e. The van der Waals surface area contributed by atoms with Gasteiger partial charge < -0.3 is 15.8 Å². The minimum absolute atomic E-state index is 0.166. The topological polar surface area (TPSA) is 116 Å². The van der Waals surface area contributed by atoms with Crippen LogP contribution in [0.1, 0.15) is 12.0 Å². The molecule has 2 rings (SSSR count). The van der Waals surface area contributed by atoms with Crippen molar-refractivity contribution in [1.29, 1.82) is 0 Å². The van der Waals surface area contributed by atoms with E-state index in [-0.39, 0.29) is 17.5 Å². The normalized spacial score (nSPS) is 10.3. The first kappa shape index (κ1) is 16.8. The second kappa shape index (κ2) is 7.59. The predicted molar refractivity (Wildman–Crippen MR) is 87.9 cm³/mol. The summed E-state index contributed by atoms with van der Waals surface area (Å²) in [7, 11) is 0. The number of rotatable bonds is 7. The lowest BCUT2D eigenvalue weighted by Crippen LogP contribution is -2.11. The Morgan fingerprint density at radius 1 is 1.48 bits per heavy atom. The van der Waals surface area contributed by atoms with E-state index in [0.29, 0.717) is 24.6 Å². The molecule has 23 heavy (non-hydrogen) atoms. The first-order valence-corrected chi connectivity index (χ1v) is 7.25. The van der Waals surface area contributed by atoms with Gasteiger partial charge in [-0.15, -0.1) is 0 Å². The summed E-state index contributed by atoms with van der Waals surface area (Å²) in [6.07, 6.45) is 1.78. The van der Waals surface area contributed by atoms with Crippen LogP contribution in [0.5, 0.6) is 5.75 Å². The number of nitro groups is 1. The number of aryl methyl sites for hydroxylation is 1. The first-order valence-electron chi connectivity index (χ1n) is 6.87. The van der Waals surface area contributed by atoms with Crippen LogP contribution >= 0.6 is 11.6 Å². The molecule has 0 bridgehead atoms. The molecule has 122 valence electrons. The highest BCUT2D eigenvalue weighted by Crippen LogP contribution is 2.22. The third-order valence-corrected chi connectivity index (χ3v) is 3.23. The first-order chi connectivity index (χ1) is 11.0. The van der Waals surface area contributed by atoms with Crippen molar-refractivity contribution in [3.63, 3.8) is 0 Å². The van der Waals surface area contributed by atoms with Gasteiger partial charge in [0, 0.05) is 11.6 Å². The molecule has 0 radical (unpaired) electrons. The van der Waals surface area contributed by atoms with Gasteiger partial charge in [-0.05, 0) is 37.1 Å². The van der Waals surface area contributed by atoms with Gasteiger partial charge in [0.05, 0.1) is 11.5 Å². The molecule has 9 heteroatoms. The van der Waals surface area contributed by atoms with Gasteiger partial charge in [-0.25, -0.2) is 4.98 Å². The highest BCUT2D eigenvalue weighted by molar-refractivity contribution is 6.30. The van der Waals surface area contributed by atoms with Gasteiger partial charge in [0.15, 0.2) is 0 Å². The summed E-state index contributed by atoms with van der Waals surface area (Å²) in [5.74, 6) is 0.863. The van der Waals surface area contributed by atoms with Crippen molar-refractivity contribution in [2.24, 2.45) is 0 Å². The SMILES string of the molecule is Cc1cc(Cl)ccc1OCCCNc1ncc([N+](=O)[O-])c(N)n1. The van der Waals surface area contributed by atoms with Crippen molar-refractivity contribution in [2.75, 3.05) is 24.2 Å². The summed E-state index contributed by atoms with van der Waals surface area (Å²) in [4.78, 5) is 17.7. The Kier molecular flexibility index (Phi) is 5.53. The summed E-state index contributed by atoms with van der Waals surface area (Å²) in [6, 6.07) is 5.43. The number of benzene rings is 1. The molecule has 1 aromatic carbocycles. The lowest BCUT2D eigenvalue weighted by Gasteiger charge is -2.10. The monoisotopic (exact) mass is 337 g/mol. The van der Waals surface area contributed by atoms with Crippen molar-refractivity contribution in [1.82, 2.24) is 9.97 Å². The van der Waals surface area contributed by atoms with Crippen molar-refractivity contribution < 1.29 is 9.66 Å². The number of nitrogens with two attached hydrogens (primary N) is 1. The number of hydrogen-bond donors (Lipinski definition) is 2. The zero-order valence-corrected chi connectivity index (χ0v) is 13.2. The average molecular weight is 338 g/mol. The van der Waals surface area contributed by atoms with Crippen LogP contribution in [-0.4, -0.2) is 28.0 Å². The second-order valence-electron chi connectivity index (χ2n) is 4.76. The lowest BCUT2D eigenvalue weighted by molar-refractivity contribution is -0.384. The van der Waals surface area contributed by atoms with E-state index < -0.39 is 4.92 Å². The number of nitrogen functional groups attached to an aromatic ring is 1. The van der Waals surface area contributed by atoms with Crippen LogP contribution in [0.25, 0.3) is 0 Å². The lowest BCUT2D eigenvalue weighted by atomic mass is 10.2. The molecule has 0 spiro atoms. The van der Waals surface area contributed by atoms with E-state index >= 15 is 0 Å². The zero-order valence-electron chi connectivity index (χ0n) is 12.5. The summed E-state index contributed by atoms with van der Waals surface area (Å²) in [6.45, 7) is 2.97. The van der Waals surface area contributed by atoms with Crippen LogP contribution in [-0.2, 0) is 0 Å². The van der Waals surface area contributed by atoms with E-state index in [1.165, 1.54) is 0 Å². The fraction of sp³-hybridized carbons (Fsp3) is 0.286. The van der Waals surface area contributed by atoms with Gasteiger partial charge in [-0.3, -0.25) is 10.1 Å². The third kappa shape index (κ3) is 4.68. The van der Waals surface area contributed by atoms with Crippen LogP contribution < -0.4 is 15.8 Å². The zero-order chi connectivity index (χ0) is 16.8. The molecule has 0 amide bonds. The van der Waals surface area contributed by atoms with Crippen LogP contribution in [0, 0.1) is 17.0 Å². The number of halogens is 1. The summed E-state index contributed by atoms with van der Waals surface area (Å²) < 4.78 is 5.65. The number of nitrogens with one attached hydrogen (secondary N) is 1. The Bertz CT molecular complexity index is 711. The van der Waals surface area contributed by atoms with Crippen molar-refractivity contribution in [3.8, 4) is 5.75 Å². The quantitative estimate of drug-likeness (QED) is 0.453. The molecule has 0 saturated carbocycles. The average Bonchev–Trinajstić information content (AvgIpc) is 2.48. The van der Waals surface area contributed by atoms with Gasteiger partial charge in [0.25, 0.3) is 0 Å². The molecule has 3 N–H and O–H groups in total. The maximum absolute atomic E-state index is 10.6. The van der Waals surface area contributed by atoms with Crippen LogP contribution in [0.4, 0.5) is 17.5 Å². The van der Waals surface area contributed by atoms with Gasteiger partial charge in [0.2, 0.25) is 11.8 Å². The number of hydrogen-bond acceptors (Lipinski definition) is 7. The maximum Gasteiger partial charge on any atom is 0.329 e. The minimum Gasteiger partial charge on any atom is -0.493 e. The van der Waals surface area contributed by atoms with E-state index in [0.717, 1.165) is 17.5 Å². The molecule has 0 fully saturated rings. The van der Waals surface area contributed by atoms with E-state index in [4.69, 9.17) is 22.1 Å². The van der Waals surface area contributed by atoms with Crippen molar-refractivity contribution >= 4 is 29.1 Å². The standard InChI is InChI=1S/C14H16ClN5O3/c1-9-7-10(15)3-4-12(9)23-6-2-5-17-14-18-8-11(20(21)22)13(16)19-14/h3-4,7-8H,2,5-6H2,1H3,(H3,16,17,18,19). The van der Waals surface area contributed by atoms with Crippen molar-refractivity contribution in [2.45, 2.75) is 13.3 Å². The molecule has 1 aromatic heterocycles. The van der Waals surface area contributed by atoms with Gasteiger partial charge in [0.1, 0.15) is 11.9 Å². The highest BCUT2D eigenvalue weighted by Gasteiger charge is 2.13. The molecule has 0 aliphatic rings. The maximum atomic E-state index is 10.6. The van der Waals surface area contributed by atoms with E-state index in [2.05, 4.69) is 15.3 Å². The molecular weight excluding hydrogens is 322 g/mol. The predicted octanol–water partition coefficient (Wildman–Crippen LogP) is 2.81. The van der Waals surface area contributed by atoms with Crippen LogP contribution in [0.3, 0.4) is 0 Å². The fourth-order valence-corrected chi connectivity index (χ4v) is 2.07. The number of ether oxygens (including phenoxy) is 1. The molecule has 0 unspecified atom stereocenters.